The summed E-state index contributed by atoms with van der Waals surface area (Å²) in [5, 5.41) is 6.82. The molecule has 3 atom stereocenters. The van der Waals surface area contributed by atoms with Crippen LogP contribution in [0.15, 0.2) is 54.6 Å². The number of amides is 1. The number of nitrogens with one attached hydrogen (secondary N) is 2. The molecule has 33 heavy (non-hydrogen) atoms. The summed E-state index contributed by atoms with van der Waals surface area (Å²) in [6, 6.07) is 19.3. The zero-order valence-corrected chi connectivity index (χ0v) is 19.4. The third-order valence-electron chi connectivity index (χ3n) is 7.50. The maximum Gasteiger partial charge on any atom is 0.251 e. The van der Waals surface area contributed by atoms with Crippen molar-refractivity contribution in [1.29, 1.82) is 0 Å². The highest BCUT2D eigenvalue weighted by Gasteiger charge is 2.42. The molecule has 1 amide bonds. The van der Waals surface area contributed by atoms with E-state index < -0.39 is 0 Å². The van der Waals surface area contributed by atoms with Crippen LogP contribution in [-0.2, 0) is 11.3 Å². The second kappa shape index (κ2) is 10.7. The van der Waals surface area contributed by atoms with Gasteiger partial charge in [0, 0.05) is 63.1 Å². The number of hydrogen-bond acceptors (Lipinski definition) is 5. The number of carbonyl (C=O) groups excluding carboxylic acids is 1. The topological polar surface area (TPSA) is 56.8 Å². The molecule has 0 aromatic heterocycles. The number of morpholine rings is 1. The molecule has 2 aromatic rings. The van der Waals surface area contributed by atoms with Crippen LogP contribution in [0, 0.1) is 11.8 Å². The molecule has 1 saturated carbocycles. The van der Waals surface area contributed by atoms with E-state index in [4.69, 9.17) is 4.74 Å². The van der Waals surface area contributed by atoms with Crippen molar-refractivity contribution in [3.05, 3.63) is 65.7 Å². The molecular formula is C27H36N4O2. The van der Waals surface area contributed by atoms with Gasteiger partial charge in [0.2, 0.25) is 0 Å². The lowest BCUT2D eigenvalue weighted by atomic mass is 9.97. The molecule has 0 radical (unpaired) electrons. The normalized spacial score (nSPS) is 25.6. The molecule has 5 rings (SSSR count). The SMILES string of the molecule is O=C(NCCN1CCOCC1)c1ccc(N[C@@H]2CC[C@@H]3CN(Cc4ccccc4)C[C@@H]32)cc1. The van der Waals surface area contributed by atoms with Crippen LogP contribution in [0.1, 0.15) is 28.8 Å². The molecule has 0 bridgehead atoms. The maximum atomic E-state index is 12.5. The van der Waals surface area contributed by atoms with Crippen molar-refractivity contribution in [2.75, 3.05) is 57.8 Å². The zero-order valence-electron chi connectivity index (χ0n) is 19.4. The quantitative estimate of drug-likeness (QED) is 0.650. The van der Waals surface area contributed by atoms with Crippen LogP contribution in [-0.4, -0.2) is 74.2 Å². The molecule has 1 aliphatic carbocycles. The van der Waals surface area contributed by atoms with Crippen molar-refractivity contribution in [3.63, 3.8) is 0 Å². The second-order valence-corrected chi connectivity index (χ2v) is 9.72. The molecule has 0 spiro atoms. The van der Waals surface area contributed by atoms with E-state index in [-0.39, 0.29) is 5.91 Å². The van der Waals surface area contributed by atoms with Crippen molar-refractivity contribution in [1.82, 2.24) is 15.1 Å². The summed E-state index contributed by atoms with van der Waals surface area (Å²) in [5.74, 6) is 1.50. The van der Waals surface area contributed by atoms with E-state index in [1.165, 1.54) is 31.5 Å². The van der Waals surface area contributed by atoms with Crippen LogP contribution < -0.4 is 10.6 Å². The number of likely N-dealkylation sites (tertiary alicyclic amines) is 1. The lowest BCUT2D eigenvalue weighted by molar-refractivity contribution is 0.0383. The van der Waals surface area contributed by atoms with E-state index in [0.29, 0.717) is 18.5 Å². The number of nitrogens with zero attached hydrogens (tertiary/aromatic N) is 2. The van der Waals surface area contributed by atoms with E-state index in [1.807, 2.05) is 12.1 Å². The smallest absolute Gasteiger partial charge is 0.251 e. The van der Waals surface area contributed by atoms with Gasteiger partial charge in [0.15, 0.2) is 0 Å². The monoisotopic (exact) mass is 448 g/mol. The summed E-state index contributed by atoms with van der Waals surface area (Å²) < 4.78 is 5.37. The average Bonchev–Trinajstić information content (AvgIpc) is 3.42. The summed E-state index contributed by atoms with van der Waals surface area (Å²) in [4.78, 5) is 17.4. The third kappa shape index (κ3) is 5.75. The maximum absolute atomic E-state index is 12.5. The van der Waals surface area contributed by atoms with Crippen molar-refractivity contribution in [3.8, 4) is 0 Å². The third-order valence-corrected chi connectivity index (χ3v) is 7.50. The van der Waals surface area contributed by atoms with Crippen LogP contribution in [0.3, 0.4) is 0 Å². The Hall–Kier alpha value is -2.41. The number of ether oxygens (including phenoxy) is 1. The summed E-state index contributed by atoms with van der Waals surface area (Å²) in [6.45, 7) is 8.44. The number of rotatable bonds is 8. The summed E-state index contributed by atoms with van der Waals surface area (Å²) in [7, 11) is 0. The Balaban J connectivity index is 1.09. The number of benzene rings is 2. The molecule has 2 N–H and O–H groups in total. The number of carbonyl (C=O) groups is 1. The van der Waals surface area contributed by atoms with Crippen molar-refractivity contribution < 1.29 is 9.53 Å². The minimum atomic E-state index is 0.00286. The molecule has 2 saturated heterocycles. The Labute approximate surface area is 197 Å². The minimum absolute atomic E-state index is 0.00286. The first-order valence-corrected chi connectivity index (χ1v) is 12.5. The van der Waals surface area contributed by atoms with E-state index >= 15 is 0 Å². The first-order chi connectivity index (χ1) is 16.2. The molecule has 0 unspecified atom stereocenters. The van der Waals surface area contributed by atoms with Gasteiger partial charge in [0.25, 0.3) is 5.91 Å². The van der Waals surface area contributed by atoms with Crippen molar-refractivity contribution in [2.45, 2.75) is 25.4 Å². The highest BCUT2D eigenvalue weighted by Crippen LogP contribution is 2.40. The fourth-order valence-corrected chi connectivity index (χ4v) is 5.69. The van der Waals surface area contributed by atoms with Crippen LogP contribution in [0.4, 0.5) is 5.69 Å². The molecular weight excluding hydrogens is 412 g/mol. The van der Waals surface area contributed by atoms with Gasteiger partial charge in [-0.1, -0.05) is 30.3 Å². The van der Waals surface area contributed by atoms with Gasteiger partial charge >= 0.3 is 0 Å². The Morgan fingerprint density at radius 1 is 0.939 bits per heavy atom. The predicted molar refractivity (Wildman–Crippen MR) is 131 cm³/mol. The molecule has 6 heteroatoms. The summed E-state index contributed by atoms with van der Waals surface area (Å²) in [5.41, 5.74) is 3.24. The first-order valence-electron chi connectivity index (χ1n) is 12.5. The molecule has 3 aliphatic rings. The zero-order chi connectivity index (χ0) is 22.5. The highest BCUT2D eigenvalue weighted by atomic mass is 16.5. The standard InChI is InChI=1S/C27H36N4O2/c32-27(28-12-13-30-14-16-33-17-15-30)22-6-9-24(10-7-22)29-26-11-8-23-19-31(20-25(23)26)18-21-4-2-1-3-5-21/h1-7,9-10,23,25-26,29H,8,11-20H2,(H,28,32)/t23-,25+,26-/m1/s1. The van der Waals surface area contributed by atoms with Crippen molar-refractivity contribution >= 4 is 11.6 Å². The van der Waals surface area contributed by atoms with Gasteiger partial charge in [0.1, 0.15) is 0 Å². The summed E-state index contributed by atoms with van der Waals surface area (Å²) in [6.07, 6.45) is 2.54. The minimum Gasteiger partial charge on any atom is -0.382 e. The van der Waals surface area contributed by atoms with Gasteiger partial charge in [-0.2, -0.15) is 0 Å². The second-order valence-electron chi connectivity index (χ2n) is 9.72. The van der Waals surface area contributed by atoms with E-state index in [1.54, 1.807) is 0 Å². The lowest BCUT2D eigenvalue weighted by Gasteiger charge is -2.26. The molecule has 2 aliphatic heterocycles. The molecule has 3 fully saturated rings. The van der Waals surface area contributed by atoms with Gasteiger partial charge in [-0.3, -0.25) is 14.6 Å². The fraction of sp³-hybridized carbons (Fsp3) is 0.519. The average molecular weight is 449 g/mol. The molecule has 176 valence electrons. The highest BCUT2D eigenvalue weighted by molar-refractivity contribution is 5.94. The number of anilines is 1. The van der Waals surface area contributed by atoms with Gasteiger partial charge in [-0.05, 0) is 54.5 Å². The Morgan fingerprint density at radius 2 is 1.73 bits per heavy atom. The fourth-order valence-electron chi connectivity index (χ4n) is 5.69. The largest absolute Gasteiger partial charge is 0.382 e. The van der Waals surface area contributed by atoms with Gasteiger partial charge in [-0.15, -0.1) is 0 Å². The first kappa shape index (κ1) is 22.4. The van der Waals surface area contributed by atoms with Gasteiger partial charge < -0.3 is 15.4 Å². The molecule has 2 heterocycles. The predicted octanol–water partition coefficient (Wildman–Crippen LogP) is 3.07. The van der Waals surface area contributed by atoms with E-state index in [9.17, 15) is 4.79 Å². The van der Waals surface area contributed by atoms with Crippen LogP contribution in [0.25, 0.3) is 0 Å². The van der Waals surface area contributed by atoms with Crippen molar-refractivity contribution in [2.24, 2.45) is 11.8 Å². The summed E-state index contributed by atoms with van der Waals surface area (Å²) >= 11 is 0. The van der Waals surface area contributed by atoms with Gasteiger partial charge in [-0.25, -0.2) is 0 Å². The van der Waals surface area contributed by atoms with Crippen LogP contribution in [0.2, 0.25) is 0 Å². The molecule has 2 aromatic carbocycles. The number of fused-ring (bicyclic) bond motifs is 1. The molecule has 6 nitrogen and oxygen atoms in total. The Morgan fingerprint density at radius 3 is 2.52 bits per heavy atom. The lowest BCUT2D eigenvalue weighted by Crippen LogP contribution is -2.41. The van der Waals surface area contributed by atoms with Crippen LogP contribution in [0.5, 0.6) is 0 Å². The van der Waals surface area contributed by atoms with E-state index in [2.05, 4.69) is 62.9 Å². The van der Waals surface area contributed by atoms with Gasteiger partial charge in [0.05, 0.1) is 13.2 Å². The van der Waals surface area contributed by atoms with E-state index in [0.717, 1.165) is 56.6 Å². The Bertz CT molecular complexity index is 898. The Kier molecular flexibility index (Phi) is 7.24. The number of hydrogen-bond donors (Lipinski definition) is 2. The van der Waals surface area contributed by atoms with Crippen LogP contribution >= 0.6 is 0 Å².